The topological polar surface area (TPSA) is 33.6 Å². The Morgan fingerprint density at radius 3 is 2.64 bits per heavy atom. The highest BCUT2D eigenvalue weighted by atomic mass is 32.1. The van der Waals surface area contributed by atoms with Crippen molar-refractivity contribution in [1.82, 2.24) is 14.8 Å². The zero-order chi connectivity index (χ0) is 10.6. The Bertz CT molecular complexity index is 326. The molecule has 0 spiro atoms. The highest BCUT2D eigenvalue weighted by molar-refractivity contribution is 7.71. The summed E-state index contributed by atoms with van der Waals surface area (Å²) in [5.41, 5.74) is 0. The Morgan fingerprint density at radius 1 is 1.50 bits per heavy atom. The third-order valence-corrected chi connectivity index (χ3v) is 2.94. The number of nitrogens with zero attached hydrogens (tertiary/aromatic N) is 2. The van der Waals surface area contributed by atoms with Crippen LogP contribution in [0.1, 0.15) is 51.3 Å². The van der Waals surface area contributed by atoms with Crippen molar-refractivity contribution in [2.45, 2.75) is 45.4 Å². The number of H-pyrrole nitrogens is 1. The molecule has 0 aliphatic rings. The Kier molecular flexibility index (Phi) is 4.32. The molecule has 1 N–H and O–H groups in total. The van der Waals surface area contributed by atoms with E-state index in [1.54, 1.807) is 4.68 Å². The van der Waals surface area contributed by atoms with Gasteiger partial charge < -0.3 is 0 Å². The first kappa shape index (κ1) is 11.4. The first-order valence-electron chi connectivity index (χ1n) is 5.32. The van der Waals surface area contributed by atoms with E-state index in [4.69, 9.17) is 12.2 Å². The second kappa shape index (κ2) is 5.29. The molecule has 0 saturated heterocycles. The normalized spacial score (nSPS) is 13.1. The van der Waals surface area contributed by atoms with Gasteiger partial charge in [-0.05, 0) is 25.1 Å². The SMILES string of the molecule is CCCCC(CC)c1nc(=S)n(C)[nH]1. The van der Waals surface area contributed by atoms with Gasteiger partial charge in [-0.3, -0.25) is 9.78 Å². The highest BCUT2D eigenvalue weighted by Crippen LogP contribution is 2.21. The van der Waals surface area contributed by atoms with Crippen LogP contribution in [-0.2, 0) is 7.05 Å². The second-order valence-corrected chi connectivity index (χ2v) is 4.06. The van der Waals surface area contributed by atoms with Crippen LogP contribution in [0, 0.1) is 4.77 Å². The molecule has 80 valence electrons. The summed E-state index contributed by atoms with van der Waals surface area (Å²) < 4.78 is 2.45. The molecule has 1 unspecified atom stereocenters. The van der Waals surface area contributed by atoms with Crippen LogP contribution in [0.25, 0.3) is 0 Å². The maximum Gasteiger partial charge on any atom is 0.215 e. The molecule has 4 heteroatoms. The van der Waals surface area contributed by atoms with Gasteiger partial charge in [-0.15, -0.1) is 0 Å². The van der Waals surface area contributed by atoms with E-state index in [1.165, 1.54) is 19.3 Å². The largest absolute Gasteiger partial charge is 0.283 e. The summed E-state index contributed by atoms with van der Waals surface area (Å²) in [7, 11) is 1.91. The molecule has 0 aliphatic heterocycles. The quantitative estimate of drug-likeness (QED) is 0.762. The average Bonchev–Trinajstić information content (AvgIpc) is 2.48. The number of aromatic nitrogens is 3. The van der Waals surface area contributed by atoms with Gasteiger partial charge in [0.05, 0.1) is 0 Å². The van der Waals surface area contributed by atoms with Crippen molar-refractivity contribution in [3.63, 3.8) is 0 Å². The van der Waals surface area contributed by atoms with E-state index in [9.17, 15) is 0 Å². The maximum atomic E-state index is 5.07. The van der Waals surface area contributed by atoms with Gasteiger partial charge in [-0.1, -0.05) is 26.7 Å². The lowest BCUT2D eigenvalue weighted by molar-refractivity contribution is 0.539. The third kappa shape index (κ3) is 2.67. The van der Waals surface area contributed by atoms with Crippen LogP contribution in [0.5, 0.6) is 0 Å². The van der Waals surface area contributed by atoms with Crippen molar-refractivity contribution in [1.29, 1.82) is 0 Å². The molecule has 1 rings (SSSR count). The minimum Gasteiger partial charge on any atom is -0.283 e. The second-order valence-electron chi connectivity index (χ2n) is 3.70. The first-order chi connectivity index (χ1) is 6.69. The van der Waals surface area contributed by atoms with Crippen molar-refractivity contribution >= 4 is 12.2 Å². The zero-order valence-electron chi connectivity index (χ0n) is 9.21. The monoisotopic (exact) mass is 213 g/mol. The van der Waals surface area contributed by atoms with Crippen LogP contribution >= 0.6 is 12.2 Å². The molecular formula is C10H19N3S. The van der Waals surface area contributed by atoms with E-state index in [0.717, 1.165) is 12.2 Å². The number of nitrogens with one attached hydrogen (secondary N) is 1. The van der Waals surface area contributed by atoms with Crippen LogP contribution in [0.3, 0.4) is 0 Å². The zero-order valence-corrected chi connectivity index (χ0v) is 10.0. The third-order valence-electron chi connectivity index (χ3n) is 2.57. The molecule has 0 aromatic carbocycles. The van der Waals surface area contributed by atoms with Gasteiger partial charge in [-0.2, -0.15) is 0 Å². The van der Waals surface area contributed by atoms with Crippen LogP contribution in [0.15, 0.2) is 0 Å². The van der Waals surface area contributed by atoms with E-state index < -0.39 is 0 Å². The van der Waals surface area contributed by atoms with Crippen LogP contribution in [0.4, 0.5) is 0 Å². The molecule has 0 bridgehead atoms. The molecule has 0 saturated carbocycles. The molecule has 0 radical (unpaired) electrons. The lowest BCUT2D eigenvalue weighted by Crippen LogP contribution is -2.01. The fourth-order valence-electron chi connectivity index (χ4n) is 1.59. The maximum absolute atomic E-state index is 5.07. The summed E-state index contributed by atoms with van der Waals surface area (Å²) in [6.45, 7) is 4.42. The number of unbranched alkanes of at least 4 members (excludes halogenated alkanes) is 1. The number of aryl methyl sites for hydroxylation is 1. The molecule has 1 heterocycles. The summed E-state index contributed by atoms with van der Waals surface area (Å²) >= 11 is 5.07. The Labute approximate surface area is 90.5 Å². The van der Waals surface area contributed by atoms with Crippen molar-refractivity contribution in [3.8, 4) is 0 Å². The van der Waals surface area contributed by atoms with E-state index in [-0.39, 0.29) is 0 Å². The minimum atomic E-state index is 0.540. The minimum absolute atomic E-state index is 0.540. The van der Waals surface area contributed by atoms with Crippen molar-refractivity contribution in [2.24, 2.45) is 7.05 Å². The number of hydrogen-bond acceptors (Lipinski definition) is 2. The standard InChI is InChI=1S/C10H19N3S/c1-4-6-7-8(5-2)9-11-10(14)13(3)12-9/h8H,4-7H2,1-3H3,(H,11,12,14). The fraction of sp³-hybridized carbons (Fsp3) is 0.800. The summed E-state index contributed by atoms with van der Waals surface area (Å²) in [4.78, 5) is 4.36. The van der Waals surface area contributed by atoms with E-state index in [1.807, 2.05) is 7.05 Å². The molecule has 3 nitrogen and oxygen atoms in total. The lowest BCUT2D eigenvalue weighted by Gasteiger charge is -2.10. The summed E-state index contributed by atoms with van der Waals surface area (Å²) in [5.74, 6) is 1.59. The van der Waals surface area contributed by atoms with Gasteiger partial charge >= 0.3 is 0 Å². The molecule has 0 amide bonds. The van der Waals surface area contributed by atoms with Gasteiger partial charge in [0.15, 0.2) is 0 Å². The number of rotatable bonds is 5. The molecule has 14 heavy (non-hydrogen) atoms. The molecule has 1 aromatic rings. The molecule has 0 aliphatic carbocycles. The molecule has 1 aromatic heterocycles. The molecule has 1 atom stereocenters. The number of hydrogen-bond donors (Lipinski definition) is 1. The Balaban J connectivity index is 2.73. The van der Waals surface area contributed by atoms with Gasteiger partial charge in [0.25, 0.3) is 0 Å². The first-order valence-corrected chi connectivity index (χ1v) is 5.72. The molecule has 0 fully saturated rings. The number of aromatic amines is 1. The Morgan fingerprint density at radius 2 is 2.21 bits per heavy atom. The average molecular weight is 213 g/mol. The highest BCUT2D eigenvalue weighted by Gasteiger charge is 2.12. The summed E-state index contributed by atoms with van der Waals surface area (Å²) in [6, 6.07) is 0. The smallest absolute Gasteiger partial charge is 0.215 e. The van der Waals surface area contributed by atoms with E-state index >= 15 is 0 Å². The molecular weight excluding hydrogens is 194 g/mol. The predicted molar refractivity (Wildman–Crippen MR) is 60.9 cm³/mol. The van der Waals surface area contributed by atoms with Crippen molar-refractivity contribution < 1.29 is 0 Å². The fourth-order valence-corrected chi connectivity index (χ4v) is 1.73. The van der Waals surface area contributed by atoms with E-state index in [2.05, 4.69) is 23.9 Å². The van der Waals surface area contributed by atoms with Gasteiger partial charge in [-0.25, -0.2) is 4.98 Å². The van der Waals surface area contributed by atoms with E-state index in [0.29, 0.717) is 10.7 Å². The van der Waals surface area contributed by atoms with Crippen LogP contribution in [0.2, 0.25) is 0 Å². The van der Waals surface area contributed by atoms with Crippen molar-refractivity contribution in [2.75, 3.05) is 0 Å². The van der Waals surface area contributed by atoms with Gasteiger partial charge in [0.2, 0.25) is 4.77 Å². The van der Waals surface area contributed by atoms with Crippen LogP contribution in [-0.4, -0.2) is 14.8 Å². The van der Waals surface area contributed by atoms with Crippen molar-refractivity contribution in [3.05, 3.63) is 10.6 Å². The van der Waals surface area contributed by atoms with Crippen LogP contribution < -0.4 is 0 Å². The van der Waals surface area contributed by atoms with Gasteiger partial charge in [0, 0.05) is 13.0 Å². The summed E-state index contributed by atoms with van der Waals surface area (Å²) in [5, 5.41) is 3.21. The lowest BCUT2D eigenvalue weighted by atomic mass is 9.99. The van der Waals surface area contributed by atoms with Gasteiger partial charge in [0.1, 0.15) is 5.82 Å². The Hall–Kier alpha value is -0.640. The predicted octanol–water partition coefficient (Wildman–Crippen LogP) is 3.16. The summed E-state index contributed by atoms with van der Waals surface area (Å²) in [6.07, 6.45) is 4.83.